The molecule has 21 heavy (non-hydrogen) atoms. The molecule has 0 fully saturated rings. The molecule has 0 radical (unpaired) electrons. The fraction of sp³-hybridized carbons (Fsp3) is 0.400. The van der Waals surface area contributed by atoms with E-state index in [-0.39, 0.29) is 12.5 Å². The van der Waals surface area contributed by atoms with Gasteiger partial charge in [-0.1, -0.05) is 0 Å². The number of phenolic OH excluding ortho intramolecular Hbond substituents is 1. The standard InChI is InChI=1S/C15H19N3O3/c1-10-11(8-17-18-10)3-2-4-16-7-12-5-14-15(6-13(12)19)21-9-20-14/h5-6,8,16,19H,2-4,7,9H2,1H3,(H,17,18). The summed E-state index contributed by atoms with van der Waals surface area (Å²) in [6, 6.07) is 3.43. The molecule has 0 saturated carbocycles. The number of aromatic amines is 1. The van der Waals surface area contributed by atoms with Gasteiger partial charge in [-0.25, -0.2) is 0 Å². The maximum Gasteiger partial charge on any atom is 0.231 e. The molecule has 1 aromatic heterocycles. The number of ether oxygens (including phenoxy) is 2. The molecule has 0 bridgehead atoms. The molecule has 2 heterocycles. The van der Waals surface area contributed by atoms with Crippen molar-refractivity contribution in [1.29, 1.82) is 0 Å². The minimum atomic E-state index is 0.218. The van der Waals surface area contributed by atoms with Gasteiger partial charge in [-0.05, 0) is 37.9 Å². The predicted octanol–water partition coefficient (Wildman–Crippen LogP) is 1.87. The van der Waals surface area contributed by atoms with Gasteiger partial charge < -0.3 is 19.9 Å². The van der Waals surface area contributed by atoms with Crippen molar-refractivity contribution in [1.82, 2.24) is 15.5 Å². The third-order valence-electron chi connectivity index (χ3n) is 3.62. The topological polar surface area (TPSA) is 79.4 Å². The summed E-state index contributed by atoms with van der Waals surface area (Å²) in [6.45, 7) is 3.72. The van der Waals surface area contributed by atoms with E-state index in [1.54, 1.807) is 6.07 Å². The number of aryl methyl sites for hydroxylation is 2. The molecule has 0 aliphatic carbocycles. The van der Waals surface area contributed by atoms with Crippen LogP contribution in [0.5, 0.6) is 17.2 Å². The van der Waals surface area contributed by atoms with Crippen molar-refractivity contribution < 1.29 is 14.6 Å². The molecule has 0 saturated heterocycles. The lowest BCUT2D eigenvalue weighted by molar-refractivity contribution is 0.174. The molecule has 3 N–H and O–H groups in total. The summed E-state index contributed by atoms with van der Waals surface area (Å²) in [7, 11) is 0. The summed E-state index contributed by atoms with van der Waals surface area (Å²) >= 11 is 0. The second-order valence-electron chi connectivity index (χ2n) is 5.13. The summed E-state index contributed by atoms with van der Waals surface area (Å²) in [5, 5.41) is 20.2. The van der Waals surface area contributed by atoms with Crippen LogP contribution >= 0.6 is 0 Å². The van der Waals surface area contributed by atoms with E-state index in [9.17, 15) is 5.11 Å². The minimum absolute atomic E-state index is 0.218. The second kappa shape index (κ2) is 6.05. The maximum atomic E-state index is 9.93. The number of H-pyrrole nitrogens is 1. The van der Waals surface area contributed by atoms with Crippen LogP contribution in [-0.4, -0.2) is 28.6 Å². The first-order valence-corrected chi connectivity index (χ1v) is 7.05. The monoisotopic (exact) mass is 289 g/mol. The van der Waals surface area contributed by atoms with E-state index in [1.165, 1.54) is 5.56 Å². The van der Waals surface area contributed by atoms with Gasteiger partial charge in [0, 0.05) is 23.9 Å². The highest BCUT2D eigenvalue weighted by Gasteiger charge is 2.16. The number of benzene rings is 1. The highest BCUT2D eigenvalue weighted by Crippen LogP contribution is 2.37. The van der Waals surface area contributed by atoms with Crippen molar-refractivity contribution >= 4 is 0 Å². The largest absolute Gasteiger partial charge is 0.507 e. The zero-order valence-corrected chi connectivity index (χ0v) is 12.0. The highest BCUT2D eigenvalue weighted by molar-refractivity contribution is 5.51. The molecule has 6 heteroatoms. The van der Waals surface area contributed by atoms with E-state index in [4.69, 9.17) is 9.47 Å². The molecule has 3 rings (SSSR count). The lowest BCUT2D eigenvalue weighted by Crippen LogP contribution is -2.15. The predicted molar refractivity (Wildman–Crippen MR) is 77.6 cm³/mol. The first-order chi connectivity index (χ1) is 10.2. The minimum Gasteiger partial charge on any atom is -0.507 e. The van der Waals surface area contributed by atoms with Crippen molar-refractivity contribution in [2.45, 2.75) is 26.3 Å². The second-order valence-corrected chi connectivity index (χ2v) is 5.13. The van der Waals surface area contributed by atoms with Crippen LogP contribution in [0.2, 0.25) is 0 Å². The van der Waals surface area contributed by atoms with Gasteiger partial charge in [0.2, 0.25) is 6.79 Å². The van der Waals surface area contributed by atoms with Gasteiger partial charge in [0.1, 0.15) is 5.75 Å². The van der Waals surface area contributed by atoms with Crippen LogP contribution in [-0.2, 0) is 13.0 Å². The average Bonchev–Trinajstić information content (AvgIpc) is 3.07. The molecule has 0 spiro atoms. The molecular weight excluding hydrogens is 270 g/mol. The van der Waals surface area contributed by atoms with Crippen LogP contribution in [0.1, 0.15) is 23.2 Å². The SMILES string of the molecule is Cc1[nH]ncc1CCCNCc1cc2c(cc1O)OCO2. The molecule has 0 amide bonds. The highest BCUT2D eigenvalue weighted by atomic mass is 16.7. The number of aromatic hydroxyl groups is 1. The van der Waals surface area contributed by atoms with Gasteiger partial charge >= 0.3 is 0 Å². The van der Waals surface area contributed by atoms with Crippen molar-refractivity contribution in [2.75, 3.05) is 13.3 Å². The first kappa shape index (κ1) is 13.8. The fourth-order valence-corrected chi connectivity index (χ4v) is 2.37. The maximum absolute atomic E-state index is 9.93. The number of nitrogens with one attached hydrogen (secondary N) is 2. The van der Waals surface area contributed by atoms with Crippen molar-refractivity contribution in [3.05, 3.63) is 35.2 Å². The van der Waals surface area contributed by atoms with E-state index >= 15 is 0 Å². The number of aromatic nitrogens is 2. The average molecular weight is 289 g/mol. The molecule has 2 aromatic rings. The molecule has 112 valence electrons. The number of hydrogen-bond acceptors (Lipinski definition) is 5. The van der Waals surface area contributed by atoms with Crippen LogP contribution in [0, 0.1) is 6.92 Å². The molecule has 1 aromatic carbocycles. The van der Waals surface area contributed by atoms with Gasteiger partial charge in [0.15, 0.2) is 11.5 Å². The normalized spacial score (nSPS) is 12.8. The van der Waals surface area contributed by atoms with Crippen LogP contribution in [0.3, 0.4) is 0 Å². The van der Waals surface area contributed by atoms with Crippen molar-refractivity contribution in [3.8, 4) is 17.2 Å². The van der Waals surface area contributed by atoms with Gasteiger partial charge in [-0.15, -0.1) is 0 Å². The number of nitrogens with zero attached hydrogens (tertiary/aromatic N) is 1. The lowest BCUT2D eigenvalue weighted by Gasteiger charge is -2.08. The van der Waals surface area contributed by atoms with Crippen LogP contribution in [0.15, 0.2) is 18.3 Å². The zero-order valence-electron chi connectivity index (χ0n) is 12.0. The zero-order chi connectivity index (χ0) is 14.7. The third kappa shape index (κ3) is 3.11. The lowest BCUT2D eigenvalue weighted by atomic mass is 10.1. The Bertz CT molecular complexity index is 625. The summed E-state index contributed by atoms with van der Waals surface area (Å²) < 4.78 is 10.5. The molecule has 1 aliphatic heterocycles. The number of fused-ring (bicyclic) bond motifs is 1. The van der Waals surface area contributed by atoms with E-state index in [0.717, 1.165) is 30.6 Å². The van der Waals surface area contributed by atoms with Crippen molar-refractivity contribution in [3.63, 3.8) is 0 Å². The van der Waals surface area contributed by atoms with E-state index in [2.05, 4.69) is 15.5 Å². The summed E-state index contributed by atoms with van der Waals surface area (Å²) in [6.07, 6.45) is 3.88. The van der Waals surface area contributed by atoms with E-state index in [1.807, 2.05) is 19.2 Å². The Morgan fingerprint density at radius 3 is 2.86 bits per heavy atom. The summed E-state index contributed by atoms with van der Waals surface area (Å²) in [5.74, 6) is 1.53. The van der Waals surface area contributed by atoms with Crippen LogP contribution < -0.4 is 14.8 Å². The number of hydrogen-bond donors (Lipinski definition) is 3. The number of rotatable bonds is 6. The Hall–Kier alpha value is -2.21. The summed E-state index contributed by atoms with van der Waals surface area (Å²) in [5.41, 5.74) is 3.20. The quantitative estimate of drug-likeness (QED) is 0.708. The van der Waals surface area contributed by atoms with Gasteiger partial charge in [-0.2, -0.15) is 5.10 Å². The Labute approximate surface area is 123 Å². The molecule has 6 nitrogen and oxygen atoms in total. The Balaban J connectivity index is 1.46. The first-order valence-electron chi connectivity index (χ1n) is 7.05. The van der Waals surface area contributed by atoms with Gasteiger partial charge in [-0.3, -0.25) is 5.10 Å². The molecule has 1 aliphatic rings. The third-order valence-corrected chi connectivity index (χ3v) is 3.62. The fourth-order valence-electron chi connectivity index (χ4n) is 2.37. The summed E-state index contributed by atoms with van der Waals surface area (Å²) in [4.78, 5) is 0. The van der Waals surface area contributed by atoms with Gasteiger partial charge in [0.25, 0.3) is 0 Å². The van der Waals surface area contributed by atoms with E-state index in [0.29, 0.717) is 18.0 Å². The van der Waals surface area contributed by atoms with Crippen LogP contribution in [0.4, 0.5) is 0 Å². The number of phenols is 1. The Kier molecular flexibility index (Phi) is 3.96. The molecule has 0 unspecified atom stereocenters. The Morgan fingerprint density at radius 2 is 2.10 bits per heavy atom. The molecule has 0 atom stereocenters. The van der Waals surface area contributed by atoms with Gasteiger partial charge in [0.05, 0.1) is 6.20 Å². The van der Waals surface area contributed by atoms with Crippen molar-refractivity contribution in [2.24, 2.45) is 0 Å². The van der Waals surface area contributed by atoms with E-state index < -0.39 is 0 Å². The van der Waals surface area contributed by atoms with Crippen LogP contribution in [0.25, 0.3) is 0 Å². The molecular formula is C15H19N3O3. The Morgan fingerprint density at radius 1 is 1.29 bits per heavy atom. The smallest absolute Gasteiger partial charge is 0.231 e.